The van der Waals surface area contributed by atoms with Gasteiger partial charge in [-0.15, -0.1) is 0 Å². The number of carbonyl (C=O) groups excluding carboxylic acids is 2. The van der Waals surface area contributed by atoms with Gasteiger partial charge < -0.3 is 28.5 Å². The number of nitrogens with one attached hydrogen (secondary N) is 1. The topological polar surface area (TPSA) is 111 Å². The van der Waals surface area contributed by atoms with Crippen LogP contribution in [-0.2, 0) is 20.7 Å². The summed E-state index contributed by atoms with van der Waals surface area (Å²) in [7, 11) is 0. The zero-order valence-electron chi connectivity index (χ0n) is 15.0. The fourth-order valence-electron chi connectivity index (χ4n) is 3.19. The SMILES string of the molecule is CC1CN(C(=O)OC2CCOC2)CCN1C(=O)c1ccc(NS(=O)[O-])cc1. The lowest BCUT2D eigenvalue weighted by Gasteiger charge is -2.39. The van der Waals surface area contributed by atoms with Gasteiger partial charge in [-0.05, 0) is 31.2 Å². The van der Waals surface area contributed by atoms with Crippen molar-refractivity contribution in [2.24, 2.45) is 0 Å². The molecule has 10 heteroatoms. The van der Waals surface area contributed by atoms with Crippen molar-refractivity contribution in [2.45, 2.75) is 25.5 Å². The lowest BCUT2D eigenvalue weighted by Crippen LogP contribution is -2.55. The molecule has 2 heterocycles. The van der Waals surface area contributed by atoms with Crippen LogP contribution in [0.4, 0.5) is 10.5 Å². The molecule has 2 aliphatic rings. The number of amides is 2. The second-order valence-electron chi connectivity index (χ2n) is 6.58. The lowest BCUT2D eigenvalue weighted by atomic mass is 10.1. The number of nitrogens with zero attached hydrogens (tertiary/aromatic N) is 2. The summed E-state index contributed by atoms with van der Waals surface area (Å²) in [5.74, 6) is -0.158. The second-order valence-corrected chi connectivity index (χ2v) is 7.25. The molecule has 9 nitrogen and oxygen atoms in total. The van der Waals surface area contributed by atoms with Gasteiger partial charge in [0.15, 0.2) is 0 Å². The summed E-state index contributed by atoms with van der Waals surface area (Å²) in [6.45, 7) is 4.12. The molecule has 1 aromatic carbocycles. The molecule has 0 aliphatic carbocycles. The Morgan fingerprint density at radius 2 is 2.04 bits per heavy atom. The minimum atomic E-state index is -2.41. The highest BCUT2D eigenvalue weighted by Gasteiger charge is 2.32. The van der Waals surface area contributed by atoms with E-state index in [0.29, 0.717) is 50.5 Å². The maximum Gasteiger partial charge on any atom is 0.410 e. The van der Waals surface area contributed by atoms with E-state index in [1.165, 1.54) is 12.1 Å². The van der Waals surface area contributed by atoms with E-state index in [4.69, 9.17) is 9.47 Å². The molecule has 0 saturated carbocycles. The van der Waals surface area contributed by atoms with Crippen LogP contribution in [0, 0.1) is 0 Å². The number of carbonyl (C=O) groups is 2. The number of hydrogen-bond acceptors (Lipinski definition) is 6. The Bertz CT molecular complexity index is 707. The van der Waals surface area contributed by atoms with Gasteiger partial charge in [0.25, 0.3) is 5.91 Å². The number of anilines is 1. The largest absolute Gasteiger partial charge is 0.755 e. The number of piperazine rings is 1. The van der Waals surface area contributed by atoms with Gasteiger partial charge in [0.05, 0.1) is 13.2 Å². The van der Waals surface area contributed by atoms with Gasteiger partial charge in [0.1, 0.15) is 6.10 Å². The summed E-state index contributed by atoms with van der Waals surface area (Å²) in [6.07, 6.45) is 0.151. The average Bonchev–Trinajstić information content (AvgIpc) is 3.14. The van der Waals surface area contributed by atoms with Gasteiger partial charge in [-0.1, -0.05) is 0 Å². The van der Waals surface area contributed by atoms with Crippen molar-refractivity contribution in [1.82, 2.24) is 9.80 Å². The van der Waals surface area contributed by atoms with Crippen LogP contribution in [0.2, 0.25) is 0 Å². The summed E-state index contributed by atoms with van der Waals surface area (Å²) < 4.78 is 34.1. The first-order valence-corrected chi connectivity index (χ1v) is 9.82. The maximum absolute atomic E-state index is 12.7. The molecule has 2 aliphatic heterocycles. The van der Waals surface area contributed by atoms with Gasteiger partial charge in [0, 0.05) is 54.6 Å². The van der Waals surface area contributed by atoms with E-state index in [2.05, 4.69) is 4.72 Å². The molecule has 1 aromatic rings. The predicted molar refractivity (Wildman–Crippen MR) is 96.8 cm³/mol. The van der Waals surface area contributed by atoms with Crippen LogP contribution in [0.25, 0.3) is 0 Å². The molecule has 0 spiro atoms. The van der Waals surface area contributed by atoms with E-state index >= 15 is 0 Å². The minimum Gasteiger partial charge on any atom is -0.755 e. The normalized spacial score (nSPS) is 23.8. The van der Waals surface area contributed by atoms with Crippen molar-refractivity contribution in [2.75, 3.05) is 37.6 Å². The van der Waals surface area contributed by atoms with Gasteiger partial charge in [0.2, 0.25) is 0 Å². The highest BCUT2D eigenvalue weighted by atomic mass is 32.2. The lowest BCUT2D eigenvalue weighted by molar-refractivity contribution is 0.0258. The van der Waals surface area contributed by atoms with E-state index in [-0.39, 0.29) is 24.1 Å². The van der Waals surface area contributed by atoms with Crippen molar-refractivity contribution >= 4 is 29.0 Å². The third-order valence-corrected chi connectivity index (χ3v) is 5.04. The quantitative estimate of drug-likeness (QED) is 0.759. The Balaban J connectivity index is 1.56. The summed E-state index contributed by atoms with van der Waals surface area (Å²) in [5, 5.41) is 0. The Hall–Kier alpha value is -2.17. The number of benzene rings is 1. The Morgan fingerprint density at radius 1 is 1.30 bits per heavy atom. The molecule has 3 unspecified atom stereocenters. The van der Waals surface area contributed by atoms with E-state index in [0.717, 1.165) is 0 Å². The van der Waals surface area contributed by atoms with Crippen molar-refractivity contribution < 1.29 is 27.8 Å². The predicted octanol–water partition coefficient (Wildman–Crippen LogP) is 0.964. The van der Waals surface area contributed by atoms with Crippen LogP contribution >= 0.6 is 0 Å². The molecule has 2 amide bonds. The highest BCUT2D eigenvalue weighted by Crippen LogP contribution is 2.18. The molecule has 0 bridgehead atoms. The molecule has 2 saturated heterocycles. The van der Waals surface area contributed by atoms with Gasteiger partial charge in [-0.2, -0.15) is 0 Å². The van der Waals surface area contributed by atoms with Crippen LogP contribution in [0.1, 0.15) is 23.7 Å². The van der Waals surface area contributed by atoms with E-state index < -0.39 is 11.3 Å². The van der Waals surface area contributed by atoms with Crippen LogP contribution in [-0.4, -0.2) is 75.6 Å². The highest BCUT2D eigenvalue weighted by molar-refractivity contribution is 7.80. The third kappa shape index (κ3) is 4.96. The average molecular weight is 396 g/mol. The fraction of sp³-hybridized carbons (Fsp3) is 0.529. The van der Waals surface area contributed by atoms with E-state index in [9.17, 15) is 18.4 Å². The van der Waals surface area contributed by atoms with E-state index in [1.807, 2.05) is 6.92 Å². The molecule has 3 atom stereocenters. The summed E-state index contributed by atoms with van der Waals surface area (Å²) in [4.78, 5) is 28.3. The van der Waals surface area contributed by atoms with E-state index in [1.54, 1.807) is 21.9 Å². The van der Waals surface area contributed by atoms with Gasteiger partial charge in [-0.25, -0.2) is 4.79 Å². The molecule has 3 rings (SSSR count). The molecule has 148 valence electrons. The standard InChI is InChI=1S/C17H23N3O6S/c1-12-10-19(17(22)26-15-6-9-25-11-15)7-8-20(12)16(21)13-2-4-14(5-3-13)18-27(23)24/h2-5,12,15,18H,6-11H2,1H3,(H,23,24)/p-1. The van der Waals surface area contributed by atoms with Crippen LogP contribution < -0.4 is 4.72 Å². The Kier molecular flexibility index (Phi) is 6.30. The maximum atomic E-state index is 12.7. The molecule has 1 N–H and O–H groups in total. The number of hydrogen-bond donors (Lipinski definition) is 1. The van der Waals surface area contributed by atoms with Crippen molar-refractivity contribution in [3.05, 3.63) is 29.8 Å². The Morgan fingerprint density at radius 3 is 2.63 bits per heavy atom. The van der Waals surface area contributed by atoms with Crippen molar-refractivity contribution in [3.8, 4) is 0 Å². The first kappa shape index (κ1) is 19.6. The fourth-order valence-corrected chi connectivity index (χ4v) is 3.52. The smallest absolute Gasteiger partial charge is 0.410 e. The molecule has 0 aromatic heterocycles. The number of rotatable bonds is 4. The van der Waals surface area contributed by atoms with Crippen LogP contribution in [0.3, 0.4) is 0 Å². The molecule has 0 radical (unpaired) electrons. The van der Waals surface area contributed by atoms with Crippen LogP contribution in [0.5, 0.6) is 0 Å². The summed E-state index contributed by atoms with van der Waals surface area (Å²) in [5.41, 5.74) is 0.847. The number of ether oxygens (including phenoxy) is 2. The zero-order chi connectivity index (χ0) is 19.4. The third-order valence-electron chi connectivity index (χ3n) is 4.63. The van der Waals surface area contributed by atoms with Crippen LogP contribution in [0.15, 0.2) is 24.3 Å². The minimum absolute atomic E-state index is 0.158. The second kappa shape index (κ2) is 8.68. The monoisotopic (exact) mass is 396 g/mol. The molecule has 27 heavy (non-hydrogen) atoms. The van der Waals surface area contributed by atoms with Crippen molar-refractivity contribution in [1.29, 1.82) is 0 Å². The molecular weight excluding hydrogens is 374 g/mol. The molecule has 2 fully saturated rings. The first-order chi connectivity index (χ1) is 12.9. The Labute approximate surface area is 160 Å². The molecular formula is C17H22N3O6S-. The summed E-state index contributed by atoms with van der Waals surface area (Å²) >= 11 is -2.41. The van der Waals surface area contributed by atoms with Crippen molar-refractivity contribution in [3.63, 3.8) is 0 Å². The first-order valence-electron chi connectivity index (χ1n) is 8.74. The van der Waals surface area contributed by atoms with Gasteiger partial charge >= 0.3 is 6.09 Å². The van der Waals surface area contributed by atoms with Gasteiger partial charge in [-0.3, -0.25) is 9.00 Å². The summed E-state index contributed by atoms with van der Waals surface area (Å²) in [6, 6.07) is 6.05. The zero-order valence-corrected chi connectivity index (χ0v) is 15.8.